The molecule has 0 saturated carbocycles. The summed E-state index contributed by atoms with van der Waals surface area (Å²) in [6, 6.07) is 18.1. The van der Waals surface area contributed by atoms with Gasteiger partial charge in [-0.1, -0.05) is 61.0 Å². The van der Waals surface area contributed by atoms with E-state index in [-0.39, 0.29) is 0 Å². The molecule has 0 aliphatic rings. The van der Waals surface area contributed by atoms with Crippen LogP contribution < -0.4 is 5.32 Å². The first-order valence-electron chi connectivity index (χ1n) is 7.99. The molecule has 0 aromatic heterocycles. The molecule has 0 radical (unpaired) electrons. The van der Waals surface area contributed by atoms with Gasteiger partial charge in [0.15, 0.2) is 0 Å². The molecule has 2 atom stereocenters. The minimum Gasteiger partial charge on any atom is -0.313 e. The lowest BCUT2D eigenvalue weighted by Crippen LogP contribution is -2.33. The largest absolute Gasteiger partial charge is 0.313 e. The summed E-state index contributed by atoms with van der Waals surface area (Å²) in [5.74, 6) is 0.401. The van der Waals surface area contributed by atoms with Crippen LogP contribution in [-0.4, -0.2) is 12.6 Å². The Balaban J connectivity index is 2.42. The first kappa shape index (κ1) is 15.8. The van der Waals surface area contributed by atoms with Crippen LogP contribution in [0.4, 0.5) is 0 Å². The highest BCUT2D eigenvalue weighted by atomic mass is 14.9. The molecule has 112 valence electrons. The minimum absolute atomic E-state index is 0.401. The van der Waals surface area contributed by atoms with Gasteiger partial charge in [0, 0.05) is 12.0 Å². The van der Waals surface area contributed by atoms with Crippen LogP contribution in [0.25, 0.3) is 0 Å². The molecule has 2 aromatic carbocycles. The second-order valence-corrected chi connectivity index (χ2v) is 5.99. The third-order valence-electron chi connectivity index (χ3n) is 4.14. The van der Waals surface area contributed by atoms with Crippen molar-refractivity contribution in [3.8, 4) is 0 Å². The van der Waals surface area contributed by atoms with Crippen LogP contribution in [0.3, 0.4) is 0 Å². The van der Waals surface area contributed by atoms with Crippen LogP contribution in [0.15, 0.2) is 48.5 Å². The Kier molecular flexibility index (Phi) is 5.58. The number of benzene rings is 2. The molecule has 0 aliphatic carbocycles. The van der Waals surface area contributed by atoms with Gasteiger partial charge in [0.25, 0.3) is 0 Å². The summed E-state index contributed by atoms with van der Waals surface area (Å²) in [4.78, 5) is 0. The fourth-order valence-electron chi connectivity index (χ4n) is 2.98. The summed E-state index contributed by atoms with van der Waals surface area (Å²) < 4.78 is 0. The van der Waals surface area contributed by atoms with E-state index in [1.165, 1.54) is 28.7 Å². The lowest BCUT2D eigenvalue weighted by atomic mass is 9.83. The molecule has 1 N–H and O–H groups in total. The van der Waals surface area contributed by atoms with Crippen LogP contribution >= 0.6 is 0 Å². The van der Waals surface area contributed by atoms with Crippen molar-refractivity contribution in [1.82, 2.24) is 5.32 Å². The van der Waals surface area contributed by atoms with Crippen molar-refractivity contribution in [1.29, 1.82) is 0 Å². The fourth-order valence-corrected chi connectivity index (χ4v) is 2.98. The first-order valence-corrected chi connectivity index (χ1v) is 7.99. The fraction of sp³-hybridized carbons (Fsp3) is 0.400. The predicted molar refractivity (Wildman–Crippen MR) is 92.0 cm³/mol. The molecule has 0 fully saturated rings. The predicted octanol–water partition coefficient (Wildman–Crippen LogP) is 4.82. The van der Waals surface area contributed by atoms with E-state index in [1.807, 2.05) is 0 Å². The molecule has 0 amide bonds. The molecule has 2 rings (SSSR count). The Labute approximate surface area is 129 Å². The van der Waals surface area contributed by atoms with E-state index in [4.69, 9.17) is 0 Å². The summed E-state index contributed by atoms with van der Waals surface area (Å²) >= 11 is 0. The Hall–Kier alpha value is -1.60. The van der Waals surface area contributed by atoms with E-state index in [0.29, 0.717) is 12.0 Å². The molecule has 0 heterocycles. The monoisotopic (exact) mass is 281 g/mol. The van der Waals surface area contributed by atoms with E-state index in [2.05, 4.69) is 81.5 Å². The molecule has 0 spiro atoms. The van der Waals surface area contributed by atoms with Crippen LogP contribution in [0, 0.1) is 13.8 Å². The maximum absolute atomic E-state index is 3.68. The van der Waals surface area contributed by atoms with Crippen LogP contribution in [0.5, 0.6) is 0 Å². The summed E-state index contributed by atoms with van der Waals surface area (Å²) in [6.07, 6.45) is 1.17. The maximum Gasteiger partial charge on any atom is 0.0243 e. The molecule has 0 bridgehead atoms. The van der Waals surface area contributed by atoms with Crippen molar-refractivity contribution in [3.63, 3.8) is 0 Å². The van der Waals surface area contributed by atoms with Crippen LogP contribution in [0.2, 0.25) is 0 Å². The van der Waals surface area contributed by atoms with Crippen molar-refractivity contribution in [2.24, 2.45) is 0 Å². The van der Waals surface area contributed by atoms with Gasteiger partial charge in [-0.3, -0.25) is 0 Å². The minimum atomic E-state index is 0.401. The van der Waals surface area contributed by atoms with Gasteiger partial charge in [-0.2, -0.15) is 0 Å². The number of rotatable bonds is 6. The molecular formula is C20H27N. The van der Waals surface area contributed by atoms with Crippen molar-refractivity contribution < 1.29 is 0 Å². The number of aryl methyl sites for hydroxylation is 2. The van der Waals surface area contributed by atoms with Gasteiger partial charge in [-0.25, -0.2) is 0 Å². The van der Waals surface area contributed by atoms with Gasteiger partial charge in [0.2, 0.25) is 0 Å². The highest BCUT2D eigenvalue weighted by Gasteiger charge is 2.22. The zero-order chi connectivity index (χ0) is 15.2. The van der Waals surface area contributed by atoms with Crippen LogP contribution in [-0.2, 0) is 0 Å². The van der Waals surface area contributed by atoms with E-state index in [0.717, 1.165) is 6.54 Å². The number of hydrogen-bond donors (Lipinski definition) is 1. The highest BCUT2D eigenvalue weighted by molar-refractivity contribution is 5.41. The average Bonchev–Trinajstić information content (AvgIpc) is 2.50. The Morgan fingerprint density at radius 2 is 1.71 bits per heavy atom. The summed E-state index contributed by atoms with van der Waals surface area (Å²) in [6.45, 7) is 9.98. The normalized spacial score (nSPS) is 13.9. The van der Waals surface area contributed by atoms with Crippen molar-refractivity contribution >= 4 is 0 Å². The maximum atomic E-state index is 3.68. The molecule has 0 saturated heterocycles. The Bertz CT molecular complexity index is 559. The van der Waals surface area contributed by atoms with Gasteiger partial charge < -0.3 is 5.32 Å². The zero-order valence-electron chi connectivity index (χ0n) is 13.7. The van der Waals surface area contributed by atoms with E-state index >= 15 is 0 Å². The van der Waals surface area contributed by atoms with Gasteiger partial charge in [-0.15, -0.1) is 0 Å². The summed E-state index contributed by atoms with van der Waals surface area (Å²) in [7, 11) is 0. The molecule has 21 heavy (non-hydrogen) atoms. The molecule has 0 aliphatic heterocycles. The summed E-state index contributed by atoms with van der Waals surface area (Å²) in [5.41, 5.74) is 5.54. The van der Waals surface area contributed by atoms with Gasteiger partial charge in [-0.05, 0) is 50.4 Å². The Morgan fingerprint density at radius 1 is 1.00 bits per heavy atom. The Morgan fingerprint density at radius 3 is 2.38 bits per heavy atom. The van der Waals surface area contributed by atoms with Crippen molar-refractivity contribution in [2.45, 2.75) is 46.1 Å². The summed E-state index contributed by atoms with van der Waals surface area (Å²) in [5, 5.41) is 3.68. The lowest BCUT2D eigenvalue weighted by Gasteiger charge is -2.28. The number of hydrogen-bond acceptors (Lipinski definition) is 1. The van der Waals surface area contributed by atoms with Crippen LogP contribution in [0.1, 0.15) is 48.4 Å². The topological polar surface area (TPSA) is 12.0 Å². The lowest BCUT2D eigenvalue weighted by molar-refractivity contribution is 0.497. The van der Waals surface area contributed by atoms with E-state index < -0.39 is 0 Å². The standard InChI is InChI=1S/C20H27N/c1-5-13-21-17(4)20(18-9-7-6-8-10-18)19-14-15(2)11-12-16(19)3/h6-12,14,17,20-21H,5,13H2,1-4H3. The molecule has 2 unspecified atom stereocenters. The van der Waals surface area contributed by atoms with Crippen molar-refractivity contribution in [2.75, 3.05) is 6.54 Å². The quantitative estimate of drug-likeness (QED) is 0.800. The molecule has 1 heteroatoms. The van der Waals surface area contributed by atoms with E-state index in [1.54, 1.807) is 0 Å². The zero-order valence-corrected chi connectivity index (χ0v) is 13.7. The molecule has 2 aromatic rings. The first-order chi connectivity index (χ1) is 10.1. The average molecular weight is 281 g/mol. The molecule has 1 nitrogen and oxygen atoms in total. The van der Waals surface area contributed by atoms with Gasteiger partial charge >= 0.3 is 0 Å². The smallest absolute Gasteiger partial charge is 0.0243 e. The van der Waals surface area contributed by atoms with E-state index in [9.17, 15) is 0 Å². The SMILES string of the molecule is CCCNC(C)C(c1ccccc1)c1cc(C)ccc1C. The second kappa shape index (κ2) is 7.42. The van der Waals surface area contributed by atoms with Crippen molar-refractivity contribution in [3.05, 3.63) is 70.8 Å². The highest BCUT2D eigenvalue weighted by Crippen LogP contribution is 2.31. The number of nitrogens with one attached hydrogen (secondary N) is 1. The third-order valence-corrected chi connectivity index (χ3v) is 4.14. The van der Waals surface area contributed by atoms with Gasteiger partial charge in [0.05, 0.1) is 0 Å². The van der Waals surface area contributed by atoms with Gasteiger partial charge in [0.1, 0.15) is 0 Å². The second-order valence-electron chi connectivity index (χ2n) is 5.99. The molecular weight excluding hydrogens is 254 g/mol. The third kappa shape index (κ3) is 3.95.